The zero-order chi connectivity index (χ0) is 16.4. The second-order valence-electron chi connectivity index (χ2n) is 5.19. The lowest BCUT2D eigenvalue weighted by Gasteiger charge is -2.27. The SMILES string of the molecule is C[C@H](CC=O)[C@]1(Cc2ccccc2)N=C(C(F)(F)F)OC1=O. The van der Waals surface area contributed by atoms with Gasteiger partial charge in [0.25, 0.3) is 0 Å². The van der Waals surface area contributed by atoms with Gasteiger partial charge in [-0.2, -0.15) is 13.2 Å². The van der Waals surface area contributed by atoms with Crippen LogP contribution in [0.3, 0.4) is 0 Å². The standard InChI is InChI=1S/C15H14F3NO3/c1-10(7-8-20)14(9-11-5-3-2-4-6-11)13(21)22-12(19-14)15(16,17)18/h2-6,8,10H,7,9H2,1H3/t10-,14+/m1/s1. The maximum atomic E-state index is 12.8. The summed E-state index contributed by atoms with van der Waals surface area (Å²) < 4.78 is 42.7. The quantitative estimate of drug-likeness (QED) is 0.620. The molecule has 0 fully saturated rings. The summed E-state index contributed by atoms with van der Waals surface area (Å²) in [6.07, 6.45) is -4.42. The lowest BCUT2D eigenvalue weighted by Crippen LogP contribution is -2.43. The molecule has 0 aromatic heterocycles. The summed E-state index contributed by atoms with van der Waals surface area (Å²) >= 11 is 0. The number of carbonyl (C=O) groups excluding carboxylic acids is 2. The monoisotopic (exact) mass is 313 g/mol. The molecule has 1 heterocycles. The number of benzene rings is 1. The fourth-order valence-electron chi connectivity index (χ4n) is 2.39. The van der Waals surface area contributed by atoms with E-state index in [9.17, 15) is 22.8 Å². The van der Waals surface area contributed by atoms with Crippen LogP contribution < -0.4 is 0 Å². The predicted octanol–water partition coefficient (Wildman–Crippen LogP) is 2.71. The average molecular weight is 313 g/mol. The highest BCUT2D eigenvalue weighted by molar-refractivity contribution is 6.02. The Kier molecular flexibility index (Phi) is 4.35. The minimum absolute atomic E-state index is 0.0543. The molecule has 0 radical (unpaired) electrons. The Hall–Kier alpha value is -2.18. The number of alkyl halides is 3. The maximum Gasteiger partial charge on any atom is 0.468 e. The number of hydrogen-bond acceptors (Lipinski definition) is 4. The van der Waals surface area contributed by atoms with Crippen molar-refractivity contribution in [3.8, 4) is 0 Å². The van der Waals surface area contributed by atoms with Crippen LogP contribution in [0.15, 0.2) is 35.3 Å². The van der Waals surface area contributed by atoms with Crippen molar-refractivity contribution in [3.05, 3.63) is 35.9 Å². The molecule has 0 amide bonds. The Morgan fingerprint density at radius 3 is 2.45 bits per heavy atom. The Morgan fingerprint density at radius 1 is 1.32 bits per heavy atom. The van der Waals surface area contributed by atoms with Crippen LogP contribution in [0.4, 0.5) is 13.2 Å². The van der Waals surface area contributed by atoms with E-state index in [2.05, 4.69) is 9.73 Å². The molecule has 1 aromatic carbocycles. The molecule has 7 heteroatoms. The molecule has 0 bridgehead atoms. The molecule has 4 nitrogen and oxygen atoms in total. The first-order valence-electron chi connectivity index (χ1n) is 6.66. The van der Waals surface area contributed by atoms with Gasteiger partial charge in [-0.3, -0.25) is 0 Å². The van der Waals surface area contributed by atoms with E-state index in [1.54, 1.807) is 30.3 Å². The van der Waals surface area contributed by atoms with Crippen LogP contribution in [0, 0.1) is 5.92 Å². The maximum absolute atomic E-state index is 12.8. The molecular formula is C15H14F3NO3. The van der Waals surface area contributed by atoms with Gasteiger partial charge in [0.15, 0.2) is 5.54 Å². The molecule has 2 atom stereocenters. The highest BCUT2D eigenvalue weighted by Crippen LogP contribution is 2.37. The smallest absolute Gasteiger partial charge is 0.401 e. The van der Waals surface area contributed by atoms with Gasteiger partial charge >= 0.3 is 18.0 Å². The van der Waals surface area contributed by atoms with Gasteiger partial charge in [0.05, 0.1) is 0 Å². The Labute approximate surface area is 125 Å². The Morgan fingerprint density at radius 2 is 1.95 bits per heavy atom. The van der Waals surface area contributed by atoms with E-state index in [0.717, 1.165) is 0 Å². The summed E-state index contributed by atoms with van der Waals surface area (Å²) in [6.45, 7) is 1.52. The molecular weight excluding hydrogens is 299 g/mol. The van der Waals surface area contributed by atoms with E-state index in [1.165, 1.54) is 6.92 Å². The predicted molar refractivity (Wildman–Crippen MR) is 72.3 cm³/mol. The van der Waals surface area contributed by atoms with E-state index in [-0.39, 0.29) is 12.8 Å². The van der Waals surface area contributed by atoms with Crippen molar-refractivity contribution in [2.24, 2.45) is 10.9 Å². The number of nitrogens with zero attached hydrogens (tertiary/aromatic N) is 1. The minimum atomic E-state index is -4.84. The molecule has 0 saturated heterocycles. The van der Waals surface area contributed by atoms with Crippen LogP contribution in [-0.4, -0.2) is 29.9 Å². The van der Waals surface area contributed by atoms with Crippen LogP contribution in [0.1, 0.15) is 18.9 Å². The van der Waals surface area contributed by atoms with Gasteiger partial charge in [-0.05, 0) is 11.5 Å². The Balaban J connectivity index is 2.44. The van der Waals surface area contributed by atoms with Crippen molar-refractivity contribution >= 4 is 18.2 Å². The minimum Gasteiger partial charge on any atom is -0.401 e. The van der Waals surface area contributed by atoms with E-state index >= 15 is 0 Å². The number of ether oxygens (including phenoxy) is 1. The van der Waals surface area contributed by atoms with E-state index in [1.807, 2.05) is 0 Å². The van der Waals surface area contributed by atoms with Crippen molar-refractivity contribution in [2.45, 2.75) is 31.5 Å². The van der Waals surface area contributed by atoms with Crippen LogP contribution in [0.5, 0.6) is 0 Å². The van der Waals surface area contributed by atoms with Gasteiger partial charge < -0.3 is 9.53 Å². The lowest BCUT2D eigenvalue weighted by atomic mass is 9.79. The summed E-state index contributed by atoms with van der Waals surface area (Å²) in [5.41, 5.74) is -1.09. The number of rotatable bonds is 5. The molecule has 0 spiro atoms. The molecule has 0 N–H and O–H groups in total. The molecule has 1 aromatic rings. The van der Waals surface area contributed by atoms with Crippen molar-refractivity contribution in [1.29, 1.82) is 0 Å². The molecule has 118 valence electrons. The van der Waals surface area contributed by atoms with Gasteiger partial charge in [0, 0.05) is 12.8 Å². The number of cyclic esters (lactones) is 1. The van der Waals surface area contributed by atoms with E-state index in [4.69, 9.17) is 0 Å². The fraction of sp³-hybridized carbons (Fsp3) is 0.400. The number of hydrogen-bond donors (Lipinski definition) is 0. The van der Waals surface area contributed by atoms with Crippen LogP contribution in [-0.2, 0) is 20.7 Å². The second-order valence-corrected chi connectivity index (χ2v) is 5.19. The summed E-state index contributed by atoms with van der Waals surface area (Å²) in [6, 6.07) is 8.54. The third-order valence-corrected chi connectivity index (χ3v) is 3.67. The summed E-state index contributed by atoms with van der Waals surface area (Å²) in [5, 5.41) is 0. The first-order chi connectivity index (χ1) is 10.3. The van der Waals surface area contributed by atoms with Crippen LogP contribution >= 0.6 is 0 Å². The molecule has 1 aliphatic rings. The van der Waals surface area contributed by atoms with Gasteiger partial charge in [-0.1, -0.05) is 37.3 Å². The zero-order valence-corrected chi connectivity index (χ0v) is 11.8. The van der Waals surface area contributed by atoms with E-state index in [0.29, 0.717) is 11.8 Å². The number of halogens is 3. The number of carbonyl (C=O) groups is 2. The molecule has 22 heavy (non-hydrogen) atoms. The van der Waals surface area contributed by atoms with Gasteiger partial charge in [-0.15, -0.1) is 0 Å². The van der Waals surface area contributed by atoms with Gasteiger partial charge in [-0.25, -0.2) is 9.79 Å². The average Bonchev–Trinajstić information content (AvgIpc) is 2.79. The number of esters is 1. The first kappa shape index (κ1) is 16.2. The largest absolute Gasteiger partial charge is 0.468 e. The van der Waals surface area contributed by atoms with E-state index < -0.39 is 29.5 Å². The number of aliphatic imine (C=N–C) groups is 1. The third-order valence-electron chi connectivity index (χ3n) is 3.67. The zero-order valence-electron chi connectivity index (χ0n) is 11.8. The molecule has 0 saturated carbocycles. The van der Waals surface area contributed by atoms with Crippen molar-refractivity contribution in [3.63, 3.8) is 0 Å². The number of aldehydes is 1. The molecule has 0 unspecified atom stereocenters. The second kappa shape index (κ2) is 5.90. The Bertz CT molecular complexity index is 598. The van der Waals surface area contributed by atoms with Crippen LogP contribution in [0.2, 0.25) is 0 Å². The fourth-order valence-corrected chi connectivity index (χ4v) is 2.39. The third kappa shape index (κ3) is 3.03. The molecule has 2 rings (SSSR count). The van der Waals surface area contributed by atoms with Gasteiger partial charge in [0.1, 0.15) is 6.29 Å². The summed E-state index contributed by atoms with van der Waals surface area (Å²) in [4.78, 5) is 26.4. The summed E-state index contributed by atoms with van der Waals surface area (Å²) in [7, 11) is 0. The lowest BCUT2D eigenvalue weighted by molar-refractivity contribution is -0.144. The van der Waals surface area contributed by atoms with Crippen LogP contribution in [0.25, 0.3) is 0 Å². The molecule has 0 aliphatic carbocycles. The van der Waals surface area contributed by atoms with Gasteiger partial charge in [0.2, 0.25) is 0 Å². The first-order valence-corrected chi connectivity index (χ1v) is 6.66. The summed E-state index contributed by atoms with van der Waals surface area (Å²) in [5.74, 6) is -3.33. The highest BCUT2D eigenvalue weighted by Gasteiger charge is 2.55. The highest BCUT2D eigenvalue weighted by atomic mass is 19.4. The van der Waals surface area contributed by atoms with Crippen molar-refractivity contribution in [2.75, 3.05) is 0 Å². The topological polar surface area (TPSA) is 55.7 Å². The van der Waals surface area contributed by atoms with Crippen molar-refractivity contribution < 1.29 is 27.5 Å². The normalized spacial score (nSPS) is 22.9. The molecule has 1 aliphatic heterocycles. The van der Waals surface area contributed by atoms with Crippen molar-refractivity contribution in [1.82, 2.24) is 0 Å².